The molecule has 0 spiro atoms. The summed E-state index contributed by atoms with van der Waals surface area (Å²) in [5.74, 6) is -3.71. The van der Waals surface area contributed by atoms with Crippen LogP contribution in [0.1, 0.15) is 26.7 Å². The van der Waals surface area contributed by atoms with E-state index in [1.54, 1.807) is 0 Å². The Morgan fingerprint density at radius 1 is 1.13 bits per heavy atom. The van der Waals surface area contributed by atoms with E-state index >= 15 is 0 Å². The van der Waals surface area contributed by atoms with Crippen LogP contribution in [-0.2, 0) is 28.5 Å². The highest BCUT2D eigenvalue weighted by Gasteiger charge is 2.48. The van der Waals surface area contributed by atoms with Crippen molar-refractivity contribution >= 4 is 11.9 Å². The third kappa shape index (κ3) is 5.02. The van der Waals surface area contributed by atoms with Crippen molar-refractivity contribution in [3.8, 4) is 0 Å². The van der Waals surface area contributed by atoms with E-state index in [0.717, 1.165) is 0 Å². The minimum Gasteiger partial charge on any atom is -0.505 e. The number of esters is 2. The molecule has 0 aromatic rings. The summed E-state index contributed by atoms with van der Waals surface area (Å²) >= 11 is 0. The molecule has 2 heterocycles. The number of hydrogen-bond acceptors (Lipinski definition) is 12. The van der Waals surface area contributed by atoms with E-state index in [0.29, 0.717) is 12.8 Å². The zero-order valence-electron chi connectivity index (χ0n) is 16.6. The summed E-state index contributed by atoms with van der Waals surface area (Å²) in [6.07, 6.45) is -10.3. The van der Waals surface area contributed by atoms with E-state index in [1.165, 1.54) is 0 Å². The van der Waals surface area contributed by atoms with Crippen molar-refractivity contribution in [2.75, 3.05) is 13.2 Å². The summed E-state index contributed by atoms with van der Waals surface area (Å²) in [4.78, 5) is 23.9. The molecule has 1 fully saturated rings. The molecule has 1 saturated heterocycles. The number of cyclic esters (lactones) is 1. The first-order valence-corrected chi connectivity index (χ1v) is 9.62. The molecule has 0 aromatic heterocycles. The summed E-state index contributed by atoms with van der Waals surface area (Å²) in [5.41, 5.74) is 0. The van der Waals surface area contributed by atoms with Gasteiger partial charge in [-0.25, -0.2) is 4.79 Å². The van der Waals surface area contributed by atoms with Gasteiger partial charge in [-0.1, -0.05) is 13.8 Å². The Labute approximate surface area is 172 Å². The number of rotatable bonds is 9. The van der Waals surface area contributed by atoms with Crippen LogP contribution in [0.15, 0.2) is 11.5 Å². The van der Waals surface area contributed by atoms with Crippen LogP contribution in [0.3, 0.4) is 0 Å². The Bertz CT molecular complexity index is 643. The third-order valence-electron chi connectivity index (χ3n) is 5.07. The molecule has 6 N–H and O–H groups in total. The molecule has 12 heteroatoms. The van der Waals surface area contributed by atoms with Crippen LogP contribution in [0.5, 0.6) is 0 Å². The summed E-state index contributed by atoms with van der Waals surface area (Å²) < 4.78 is 20.0. The number of carbonyl (C=O) groups excluding carboxylic acids is 2. The fourth-order valence-electron chi connectivity index (χ4n) is 3.10. The van der Waals surface area contributed by atoms with Crippen LogP contribution in [0, 0.1) is 5.92 Å². The van der Waals surface area contributed by atoms with Crippen molar-refractivity contribution in [3.05, 3.63) is 11.5 Å². The molecule has 30 heavy (non-hydrogen) atoms. The van der Waals surface area contributed by atoms with Gasteiger partial charge < -0.3 is 49.6 Å². The van der Waals surface area contributed by atoms with Crippen LogP contribution >= 0.6 is 0 Å². The van der Waals surface area contributed by atoms with Gasteiger partial charge in [0.05, 0.1) is 12.5 Å². The molecule has 2 unspecified atom stereocenters. The predicted molar refractivity (Wildman–Crippen MR) is 95.4 cm³/mol. The second-order valence-corrected chi connectivity index (χ2v) is 7.07. The van der Waals surface area contributed by atoms with Crippen LogP contribution in [-0.4, -0.2) is 98.7 Å². The monoisotopic (exact) mass is 436 g/mol. The molecule has 0 amide bonds. The van der Waals surface area contributed by atoms with Gasteiger partial charge in [-0.15, -0.1) is 0 Å². The second-order valence-electron chi connectivity index (χ2n) is 7.07. The molecule has 0 aromatic carbocycles. The predicted octanol–water partition coefficient (Wildman–Crippen LogP) is -2.16. The van der Waals surface area contributed by atoms with Crippen LogP contribution in [0.25, 0.3) is 0 Å². The molecule has 0 radical (unpaired) electrons. The maximum Gasteiger partial charge on any atom is 0.378 e. The second kappa shape index (κ2) is 10.4. The lowest BCUT2D eigenvalue weighted by molar-refractivity contribution is -0.291. The minimum absolute atomic E-state index is 0.349. The Hall–Kier alpha value is -1.96. The fraction of sp³-hybridized carbons (Fsp3) is 0.778. The standard InChI is InChI=1S/C18H28O12/c1-3-7(4-2)16(25)27-6-8(20)14-13(24)15(17(26)29-14)30-18-12(23)11(22)10(21)9(5-19)28-18/h7-12,14,18-24H,3-6H2,1-2H3/t8?,9-,10-,11+,12-,14?,18-/m1/s1. The highest BCUT2D eigenvalue weighted by molar-refractivity contribution is 5.89. The van der Waals surface area contributed by atoms with Gasteiger partial charge in [0.1, 0.15) is 37.1 Å². The first-order valence-electron chi connectivity index (χ1n) is 9.62. The van der Waals surface area contributed by atoms with Crippen molar-refractivity contribution in [1.82, 2.24) is 0 Å². The average molecular weight is 436 g/mol. The molecular weight excluding hydrogens is 408 g/mol. The third-order valence-corrected chi connectivity index (χ3v) is 5.07. The van der Waals surface area contributed by atoms with Gasteiger partial charge in [0.2, 0.25) is 12.0 Å². The quantitative estimate of drug-likeness (QED) is 0.215. The summed E-state index contributed by atoms with van der Waals surface area (Å²) in [5, 5.41) is 59.1. The molecule has 0 bridgehead atoms. The molecular formula is C18H28O12. The highest BCUT2D eigenvalue weighted by Crippen LogP contribution is 2.29. The van der Waals surface area contributed by atoms with Gasteiger partial charge >= 0.3 is 11.9 Å². The van der Waals surface area contributed by atoms with Gasteiger partial charge in [0.15, 0.2) is 11.9 Å². The topological polar surface area (TPSA) is 192 Å². The normalized spacial score (nSPS) is 32.9. The zero-order valence-corrected chi connectivity index (χ0v) is 16.6. The van der Waals surface area contributed by atoms with Gasteiger partial charge in [0.25, 0.3) is 0 Å². The maximum atomic E-state index is 12.0. The summed E-state index contributed by atoms with van der Waals surface area (Å²) in [6.45, 7) is 2.35. The lowest BCUT2D eigenvalue weighted by atomic mass is 9.99. The van der Waals surface area contributed by atoms with Crippen molar-refractivity contribution < 1.29 is 59.2 Å². The Kier molecular flexibility index (Phi) is 8.41. The van der Waals surface area contributed by atoms with E-state index in [4.69, 9.17) is 18.9 Å². The first kappa shape index (κ1) is 24.3. The molecule has 0 aliphatic carbocycles. The van der Waals surface area contributed by atoms with Crippen molar-refractivity contribution in [2.24, 2.45) is 5.92 Å². The lowest BCUT2D eigenvalue weighted by Crippen LogP contribution is -2.59. The van der Waals surface area contributed by atoms with Crippen molar-refractivity contribution in [2.45, 2.75) is 69.6 Å². The van der Waals surface area contributed by atoms with E-state index in [-0.39, 0.29) is 5.92 Å². The van der Waals surface area contributed by atoms with E-state index < -0.39 is 79.6 Å². The first-order chi connectivity index (χ1) is 14.2. The average Bonchev–Trinajstić information content (AvgIpc) is 3.01. The zero-order chi connectivity index (χ0) is 22.6. The highest BCUT2D eigenvalue weighted by atomic mass is 16.7. The van der Waals surface area contributed by atoms with Crippen LogP contribution < -0.4 is 0 Å². The molecule has 0 saturated carbocycles. The van der Waals surface area contributed by atoms with Crippen LogP contribution in [0.2, 0.25) is 0 Å². The molecule has 12 nitrogen and oxygen atoms in total. The largest absolute Gasteiger partial charge is 0.505 e. The van der Waals surface area contributed by atoms with Gasteiger partial charge in [-0.05, 0) is 12.8 Å². The van der Waals surface area contributed by atoms with Crippen molar-refractivity contribution in [1.29, 1.82) is 0 Å². The number of carbonyl (C=O) groups is 2. The van der Waals surface area contributed by atoms with E-state index in [1.807, 2.05) is 13.8 Å². The maximum absolute atomic E-state index is 12.0. The Morgan fingerprint density at radius 3 is 2.33 bits per heavy atom. The molecule has 2 rings (SSSR count). The van der Waals surface area contributed by atoms with Gasteiger partial charge in [-0.3, -0.25) is 4.79 Å². The minimum atomic E-state index is -1.82. The number of aliphatic hydroxyl groups is 6. The number of hydrogen-bond donors (Lipinski definition) is 6. The number of ether oxygens (including phenoxy) is 4. The van der Waals surface area contributed by atoms with Gasteiger partial charge in [0, 0.05) is 0 Å². The summed E-state index contributed by atoms with van der Waals surface area (Å²) in [7, 11) is 0. The molecule has 2 aliphatic heterocycles. The van der Waals surface area contributed by atoms with Crippen LogP contribution in [0.4, 0.5) is 0 Å². The molecule has 7 atom stereocenters. The smallest absolute Gasteiger partial charge is 0.378 e. The van der Waals surface area contributed by atoms with Crippen molar-refractivity contribution in [3.63, 3.8) is 0 Å². The van der Waals surface area contributed by atoms with E-state index in [2.05, 4.69) is 0 Å². The Balaban J connectivity index is 2.05. The fourth-order valence-corrected chi connectivity index (χ4v) is 3.10. The molecule has 2 aliphatic rings. The SMILES string of the molecule is CCC(CC)C(=O)OCC(O)C1OC(=O)C(O[C@H]2O[C@H](CO)[C@@H](O)[C@H](O)[C@H]2O)=C1O. The lowest BCUT2D eigenvalue weighted by Gasteiger charge is -2.39. The molecule has 172 valence electrons. The van der Waals surface area contributed by atoms with Gasteiger partial charge in [-0.2, -0.15) is 0 Å². The number of aliphatic hydroxyl groups excluding tert-OH is 6. The Morgan fingerprint density at radius 2 is 1.77 bits per heavy atom. The van der Waals surface area contributed by atoms with E-state index in [9.17, 15) is 40.2 Å². The summed E-state index contributed by atoms with van der Waals surface area (Å²) in [6, 6.07) is 0.